The molecule has 0 aliphatic heterocycles. The maximum atomic E-state index is 13.2. The van der Waals surface area contributed by atoms with E-state index in [9.17, 15) is 14.4 Å². The van der Waals surface area contributed by atoms with Crippen LogP contribution < -0.4 is 0 Å². The zero-order valence-electron chi connectivity index (χ0n) is 42.9. The summed E-state index contributed by atoms with van der Waals surface area (Å²) in [5, 5.41) is 0. The fraction of sp³-hybridized carbons (Fsp3) is 0.944. The van der Waals surface area contributed by atoms with Crippen LogP contribution in [0, 0.1) is 0 Å². The van der Waals surface area contributed by atoms with Gasteiger partial charge in [0.05, 0.1) is 0 Å². The van der Waals surface area contributed by atoms with Crippen molar-refractivity contribution >= 4 is 59.0 Å². The zero-order valence-corrected chi connectivity index (χ0v) is 48.2. The van der Waals surface area contributed by atoms with Gasteiger partial charge in [-0.2, -0.15) is 0 Å². The molecule has 0 radical (unpaired) electrons. The van der Waals surface area contributed by atoms with Crippen LogP contribution in [0.2, 0.25) is 4.44 Å². The van der Waals surface area contributed by atoms with Gasteiger partial charge in [0.1, 0.15) is 0 Å². The molecular weight excluding hydrogens is 959 g/mol. The Morgan fingerprint density at radius 2 is 0.469 bits per heavy atom. The third-order valence-corrected chi connectivity index (χ3v) is 50.9. The summed E-state index contributed by atoms with van der Waals surface area (Å²) < 4.78 is 18.4. The molecule has 0 N–H and O–H groups in total. The van der Waals surface area contributed by atoms with Crippen LogP contribution in [0.4, 0.5) is 0 Å². The van der Waals surface area contributed by atoms with Crippen LogP contribution >= 0.6 is 26.8 Å². The molecule has 0 aliphatic rings. The summed E-state index contributed by atoms with van der Waals surface area (Å²) in [7, 11) is 5.28. The first-order valence-electron chi connectivity index (χ1n) is 27.8. The fourth-order valence-electron chi connectivity index (χ4n) is 8.13. The minimum Gasteiger partial charge on any atom is -0.0654 e. The van der Waals surface area contributed by atoms with Gasteiger partial charge in [-0.1, -0.05) is 78.6 Å². The van der Waals surface area contributed by atoms with Crippen molar-refractivity contribution in [3.8, 4) is 0 Å². The van der Waals surface area contributed by atoms with Crippen LogP contribution in [-0.2, 0) is 28.6 Å². The van der Waals surface area contributed by atoms with Crippen molar-refractivity contribution in [1.82, 2.24) is 0 Å². The maximum absolute atomic E-state index is 13.2. The number of carbonyl (C=O) groups is 3. The number of carbonyl (C=O) groups excluding carboxylic acids is 3. The van der Waals surface area contributed by atoms with Crippen molar-refractivity contribution in [2.24, 2.45) is 0 Å². The van der Waals surface area contributed by atoms with E-state index < -0.39 is 14.2 Å². The molecule has 380 valence electrons. The molecular formula is C54H106O6S3Sn. The number of hydrogen-bond acceptors (Lipinski definition) is 9. The minimum absolute atomic E-state index is 0.154. The molecule has 0 spiro atoms. The van der Waals surface area contributed by atoms with E-state index in [1.807, 2.05) is 0 Å². The van der Waals surface area contributed by atoms with E-state index in [1.54, 1.807) is 26.8 Å². The predicted octanol–water partition coefficient (Wildman–Crippen LogP) is 18.4. The van der Waals surface area contributed by atoms with Crippen LogP contribution in [-0.4, -0.2) is 69.2 Å². The van der Waals surface area contributed by atoms with E-state index in [4.69, 9.17) is 14.2 Å². The topological polar surface area (TPSA) is 78.9 Å². The monoisotopic (exact) mass is 1070 g/mol. The van der Waals surface area contributed by atoms with Crippen molar-refractivity contribution in [2.75, 3.05) is 37.1 Å². The smallest absolute Gasteiger partial charge is 0.0654 e. The Morgan fingerprint density at radius 1 is 0.281 bits per heavy atom. The molecule has 10 heteroatoms. The first kappa shape index (κ1) is 64.3. The molecule has 0 aromatic rings. The van der Waals surface area contributed by atoms with Gasteiger partial charge in [0.2, 0.25) is 0 Å². The van der Waals surface area contributed by atoms with Crippen molar-refractivity contribution in [3.05, 3.63) is 0 Å². The van der Waals surface area contributed by atoms with Gasteiger partial charge in [-0.3, -0.25) is 0 Å². The van der Waals surface area contributed by atoms with Crippen molar-refractivity contribution in [1.29, 1.82) is 0 Å². The van der Waals surface area contributed by atoms with E-state index >= 15 is 0 Å². The second kappa shape index (κ2) is 52.6. The molecule has 0 aliphatic carbocycles. The summed E-state index contributed by atoms with van der Waals surface area (Å²) in [5.41, 5.74) is 0. The van der Waals surface area contributed by atoms with Crippen molar-refractivity contribution in [3.63, 3.8) is 0 Å². The summed E-state index contributed by atoms with van der Waals surface area (Å²) in [5.74, 6) is 0.433. The summed E-state index contributed by atoms with van der Waals surface area (Å²) in [4.78, 5) is 39.6. The molecule has 0 aromatic heterocycles. The number of rotatable bonds is 53. The first-order chi connectivity index (χ1) is 31.4. The van der Waals surface area contributed by atoms with Crippen LogP contribution in [0.25, 0.3) is 0 Å². The Labute approximate surface area is 410 Å². The summed E-state index contributed by atoms with van der Waals surface area (Å²) in [6.07, 6.45) is 50.2. The van der Waals surface area contributed by atoms with Gasteiger partial charge in [0, 0.05) is 0 Å². The average molecular weight is 1070 g/mol. The normalized spacial score (nSPS) is 11.6. The van der Waals surface area contributed by atoms with Crippen LogP contribution in [0.1, 0.15) is 285 Å². The molecule has 0 fully saturated rings. The quantitative estimate of drug-likeness (QED) is 0.0256. The minimum atomic E-state index is -3.45. The SMILES string of the molecule is CCCCCCCCCCCCOC(=O)C[S][Sn]([CH2]CCCCCCCCCCC)([S]CC(=O)OCCCCCCCCCCCC)[S]CC(=O)OCCCCCCCCCCCC. The molecule has 0 heterocycles. The van der Waals surface area contributed by atoms with E-state index in [2.05, 4.69) is 27.7 Å². The molecule has 0 atom stereocenters. The Bertz CT molecular complexity index is 901. The molecule has 0 unspecified atom stereocenters. The first-order valence-corrected chi connectivity index (χ1v) is 43.3. The molecule has 0 saturated heterocycles. The third kappa shape index (κ3) is 47.3. The summed E-state index contributed by atoms with van der Waals surface area (Å²) >= 11 is -3.45. The van der Waals surface area contributed by atoms with Crippen LogP contribution in [0.15, 0.2) is 0 Å². The van der Waals surface area contributed by atoms with Crippen LogP contribution in [0.3, 0.4) is 0 Å². The van der Waals surface area contributed by atoms with Gasteiger partial charge in [0.25, 0.3) is 0 Å². The Balaban J connectivity index is 5.27. The average Bonchev–Trinajstić information content (AvgIpc) is 3.30. The van der Waals surface area contributed by atoms with E-state index in [1.165, 1.54) is 205 Å². The van der Waals surface area contributed by atoms with Crippen LogP contribution in [0.5, 0.6) is 0 Å². The molecule has 0 saturated carbocycles. The molecule has 0 rings (SSSR count). The third-order valence-electron chi connectivity index (χ3n) is 12.3. The molecule has 6 nitrogen and oxygen atoms in total. The number of unbranched alkanes of at least 4 members (excludes halogenated alkanes) is 36. The van der Waals surface area contributed by atoms with Gasteiger partial charge in [-0.15, -0.1) is 0 Å². The summed E-state index contributed by atoms with van der Waals surface area (Å²) in [6.45, 7) is 10.5. The van der Waals surface area contributed by atoms with E-state index in [0.717, 1.165) is 55.8 Å². The standard InChI is InChI=1S/3C14H28O2S.C12H25.Sn/c3*1-2-3-4-5-6-7-8-9-10-11-12-16-14(15)13-17;1-3-5-7-9-11-12-10-8-6-4-2;/h3*17H,2-13H2,1H3;1,3-12H2,2H3;/q;;;;+3/p-3. The van der Waals surface area contributed by atoms with Crippen molar-refractivity contribution < 1.29 is 28.6 Å². The van der Waals surface area contributed by atoms with Gasteiger partial charge in [-0.05, 0) is 0 Å². The van der Waals surface area contributed by atoms with Gasteiger partial charge in [-0.25, -0.2) is 0 Å². The Kier molecular flexibility index (Phi) is 52.8. The van der Waals surface area contributed by atoms with Gasteiger partial charge < -0.3 is 0 Å². The van der Waals surface area contributed by atoms with E-state index in [-0.39, 0.29) is 17.9 Å². The predicted molar refractivity (Wildman–Crippen MR) is 288 cm³/mol. The number of hydrogen-bond donors (Lipinski definition) is 0. The Hall–Kier alpha value is 0.259. The van der Waals surface area contributed by atoms with Crippen molar-refractivity contribution in [2.45, 2.75) is 289 Å². The second-order valence-electron chi connectivity index (χ2n) is 18.7. The number of esters is 3. The fourth-order valence-corrected chi connectivity index (χ4v) is 41.6. The Morgan fingerprint density at radius 3 is 0.688 bits per heavy atom. The van der Waals surface area contributed by atoms with Gasteiger partial charge in [0.15, 0.2) is 0 Å². The van der Waals surface area contributed by atoms with E-state index in [0.29, 0.717) is 37.1 Å². The molecule has 0 aromatic carbocycles. The second-order valence-corrected chi connectivity index (χ2v) is 52.4. The molecule has 0 amide bonds. The summed E-state index contributed by atoms with van der Waals surface area (Å²) in [6, 6.07) is 0. The zero-order chi connectivity index (χ0) is 46.7. The van der Waals surface area contributed by atoms with Gasteiger partial charge >= 0.3 is 335 Å². The molecule has 64 heavy (non-hydrogen) atoms. The molecule has 0 bridgehead atoms. The number of ether oxygens (including phenoxy) is 3.